The van der Waals surface area contributed by atoms with Crippen LogP contribution in [0.1, 0.15) is 77.2 Å². The fourth-order valence-electron chi connectivity index (χ4n) is 9.62. The number of carbonyl (C=O) groups excluding carboxylic acids is 4. The Hall–Kier alpha value is -6.90. The molecule has 3 aliphatic rings. The van der Waals surface area contributed by atoms with Gasteiger partial charge in [-0.05, 0) is 83.7 Å². The van der Waals surface area contributed by atoms with Crippen LogP contribution in [-0.4, -0.2) is 105 Å². The van der Waals surface area contributed by atoms with Gasteiger partial charge in [-0.3, -0.25) is 14.6 Å². The van der Waals surface area contributed by atoms with Crippen molar-refractivity contribution in [2.45, 2.75) is 84.0 Å². The molecule has 4 amide bonds. The zero-order chi connectivity index (χ0) is 44.8. The number of para-hydroxylation sites is 2. The number of imidazole rings is 1. The molecule has 0 saturated carbocycles. The number of aliphatic imine (C=N–C) groups is 1. The van der Waals surface area contributed by atoms with Crippen LogP contribution in [-0.2, 0) is 19.1 Å². The first kappa shape index (κ1) is 42.4. The number of likely N-dealkylation sites (tertiary alicyclic amines) is 2. The minimum Gasteiger partial charge on any atom is -0.453 e. The lowest BCUT2D eigenvalue weighted by atomic mass is 9.92. The summed E-state index contributed by atoms with van der Waals surface area (Å²) < 4.78 is 9.63. The van der Waals surface area contributed by atoms with Gasteiger partial charge in [-0.1, -0.05) is 64.1 Å². The molecule has 15 heteroatoms. The van der Waals surface area contributed by atoms with Gasteiger partial charge >= 0.3 is 12.2 Å². The van der Waals surface area contributed by atoms with Gasteiger partial charge in [-0.15, -0.1) is 0 Å². The molecule has 4 aromatic carbocycles. The van der Waals surface area contributed by atoms with Gasteiger partial charge in [0.15, 0.2) is 0 Å². The lowest BCUT2D eigenvalue weighted by molar-refractivity contribution is -0.135. The third-order valence-electron chi connectivity index (χ3n) is 13.0. The smallest absolute Gasteiger partial charge is 0.407 e. The number of aromatic nitrogens is 4. The number of rotatable bonds is 10. The van der Waals surface area contributed by atoms with Crippen LogP contribution < -0.4 is 10.6 Å². The Balaban J connectivity index is 1.03. The van der Waals surface area contributed by atoms with E-state index >= 15 is 0 Å². The summed E-state index contributed by atoms with van der Waals surface area (Å²) in [6, 6.07) is 18.9. The quantitative estimate of drug-likeness (QED) is 0.0905. The van der Waals surface area contributed by atoms with Crippen molar-refractivity contribution in [3.63, 3.8) is 0 Å². The van der Waals surface area contributed by atoms with Gasteiger partial charge in [-0.2, -0.15) is 0 Å². The fourth-order valence-corrected chi connectivity index (χ4v) is 9.62. The van der Waals surface area contributed by atoms with E-state index in [1.807, 2.05) is 74.2 Å². The second kappa shape index (κ2) is 17.3. The van der Waals surface area contributed by atoms with Crippen molar-refractivity contribution in [3.8, 4) is 11.3 Å². The van der Waals surface area contributed by atoms with Crippen LogP contribution in [0.5, 0.6) is 0 Å². The highest BCUT2D eigenvalue weighted by molar-refractivity contribution is 6.25. The van der Waals surface area contributed by atoms with Crippen LogP contribution >= 0.6 is 0 Å². The van der Waals surface area contributed by atoms with E-state index in [-0.39, 0.29) is 35.7 Å². The van der Waals surface area contributed by atoms with Crippen LogP contribution in [0.2, 0.25) is 0 Å². The molecule has 2 aromatic heterocycles. The maximum absolute atomic E-state index is 13.8. The molecule has 0 aliphatic carbocycles. The first-order valence-electron chi connectivity index (χ1n) is 22.1. The Morgan fingerprint density at radius 3 is 1.80 bits per heavy atom. The van der Waals surface area contributed by atoms with Crippen molar-refractivity contribution in [1.82, 2.24) is 40.4 Å². The van der Waals surface area contributed by atoms with Gasteiger partial charge in [0, 0.05) is 47.8 Å². The Bertz CT molecular complexity index is 2900. The first-order valence-corrected chi connectivity index (χ1v) is 22.1. The number of fused-ring (bicyclic) bond motifs is 7. The molecule has 64 heavy (non-hydrogen) atoms. The lowest BCUT2D eigenvalue weighted by Crippen LogP contribution is -2.53. The van der Waals surface area contributed by atoms with E-state index in [0.717, 1.165) is 97.4 Å². The number of alkyl carbamates (subject to hydrolysis) is 2. The Labute approximate surface area is 370 Å². The first-order chi connectivity index (χ1) is 30.9. The molecule has 2 saturated heterocycles. The number of allylic oxidation sites excluding steroid dienone is 1. The molecule has 330 valence electrons. The molecule has 4 atom stereocenters. The van der Waals surface area contributed by atoms with E-state index in [4.69, 9.17) is 29.4 Å². The number of ether oxygens (including phenoxy) is 2. The van der Waals surface area contributed by atoms with Gasteiger partial charge in [0.05, 0.1) is 60.3 Å². The van der Waals surface area contributed by atoms with E-state index in [1.165, 1.54) is 14.2 Å². The monoisotopic (exact) mass is 863 g/mol. The highest BCUT2D eigenvalue weighted by atomic mass is 16.5. The van der Waals surface area contributed by atoms with Crippen molar-refractivity contribution in [2.24, 2.45) is 16.8 Å². The third-order valence-corrected chi connectivity index (χ3v) is 13.0. The fraction of sp³-hybridized carbons (Fsp3) is 0.388. The molecule has 0 bridgehead atoms. The number of nitrogens with one attached hydrogen (secondary N) is 3. The molecule has 9 rings (SSSR count). The van der Waals surface area contributed by atoms with Crippen molar-refractivity contribution >= 4 is 78.9 Å². The summed E-state index contributed by atoms with van der Waals surface area (Å²) in [4.78, 5) is 79.3. The maximum atomic E-state index is 13.8. The number of hydrogen-bond donors (Lipinski definition) is 3. The second-order valence-electron chi connectivity index (χ2n) is 17.7. The summed E-state index contributed by atoms with van der Waals surface area (Å²) >= 11 is 0. The number of benzene rings is 4. The summed E-state index contributed by atoms with van der Waals surface area (Å²) in [6.07, 6.45) is 6.31. The highest BCUT2D eigenvalue weighted by Crippen LogP contribution is 2.40. The van der Waals surface area contributed by atoms with Crippen LogP contribution in [0.3, 0.4) is 0 Å². The normalized spacial score (nSPS) is 18.6. The van der Waals surface area contributed by atoms with E-state index in [1.54, 1.807) is 0 Å². The van der Waals surface area contributed by atoms with Gasteiger partial charge in [0.1, 0.15) is 17.9 Å². The molecule has 15 nitrogen and oxygen atoms in total. The number of aromatic amines is 1. The predicted molar refractivity (Wildman–Crippen MR) is 246 cm³/mol. The zero-order valence-electron chi connectivity index (χ0n) is 37.0. The van der Waals surface area contributed by atoms with Gasteiger partial charge in [0.2, 0.25) is 11.8 Å². The number of nitrogens with zero attached hydrogens (tertiary/aromatic N) is 6. The molecule has 0 radical (unpaired) electrons. The molecule has 3 N–H and O–H groups in total. The van der Waals surface area contributed by atoms with Gasteiger partial charge in [0.25, 0.3) is 0 Å². The van der Waals surface area contributed by atoms with Crippen molar-refractivity contribution in [1.29, 1.82) is 0 Å². The number of hydrogen-bond acceptors (Lipinski definition) is 10. The molecular formula is C49H53N9O6. The van der Waals surface area contributed by atoms with Crippen molar-refractivity contribution < 1.29 is 28.7 Å². The molecule has 0 unspecified atom stereocenters. The van der Waals surface area contributed by atoms with E-state index in [2.05, 4.69) is 52.0 Å². The molecular weight excluding hydrogens is 811 g/mol. The van der Waals surface area contributed by atoms with Crippen LogP contribution in [0, 0.1) is 11.8 Å². The van der Waals surface area contributed by atoms with Crippen LogP contribution in [0.15, 0.2) is 78.1 Å². The topological polar surface area (TPSA) is 184 Å². The highest BCUT2D eigenvalue weighted by Gasteiger charge is 2.39. The number of carbonyl (C=O) groups is 4. The standard InChI is InChI=1S/C49H53N9O6/c1-26(2)41(55-48(61)63-5)46(59)57-19-9-13-39(57)37-23-30(24-50-37)28-15-17-31-32-18-16-29(22-34(32)44-43(33(31)21-28)52-35-11-7-8-12-36(35)53-44)38-25-51-45(54-38)40-14-10-20-58(40)47(60)42(27(3)4)56-49(62)64-6/h7-8,11-12,15-18,21-22,24-27,39-42H,9-10,13-14,19-20,23H2,1-6H3,(H,51,54)(H,55,61)(H,56,62)/t39-,40-,41-,42-/m0/s1. The van der Waals surface area contributed by atoms with Crippen LogP contribution in [0.4, 0.5) is 9.59 Å². The Morgan fingerprint density at radius 2 is 1.23 bits per heavy atom. The van der Waals surface area contributed by atoms with Crippen LogP contribution in [0.25, 0.3) is 60.4 Å². The van der Waals surface area contributed by atoms with Crippen molar-refractivity contribution in [2.75, 3.05) is 27.3 Å². The maximum Gasteiger partial charge on any atom is 0.407 e. The average molecular weight is 864 g/mol. The summed E-state index contributed by atoms with van der Waals surface area (Å²) in [5.41, 5.74) is 7.90. The molecule has 6 aromatic rings. The number of methoxy groups -OCH3 is 2. The minimum atomic E-state index is -0.720. The summed E-state index contributed by atoms with van der Waals surface area (Å²) in [7, 11) is 2.59. The molecule has 3 aliphatic heterocycles. The van der Waals surface area contributed by atoms with E-state index < -0.39 is 24.3 Å². The molecule has 5 heterocycles. The van der Waals surface area contributed by atoms with E-state index in [0.29, 0.717) is 25.3 Å². The summed E-state index contributed by atoms with van der Waals surface area (Å²) in [5, 5.41) is 9.46. The largest absolute Gasteiger partial charge is 0.453 e. The van der Waals surface area contributed by atoms with Crippen molar-refractivity contribution in [3.05, 3.63) is 84.4 Å². The molecule has 2 fully saturated rings. The second-order valence-corrected chi connectivity index (χ2v) is 17.7. The SMILES string of the molecule is COC(=O)N[C@H](C(=O)N1CCC[C@H]1C1=NC=C(c2ccc3c4ccc(-c5cnc([C@@H]6CCCN6C(=O)[C@@H](NC(=O)OC)C(C)C)[nH]5)cc4c4nc5ccccc5nc4c3c2)C1)C(C)C. The van der Waals surface area contributed by atoms with Gasteiger partial charge in [-0.25, -0.2) is 24.5 Å². The summed E-state index contributed by atoms with van der Waals surface area (Å²) in [6.45, 7) is 8.80. The average Bonchev–Trinajstić information content (AvgIpc) is 4.16. The number of amides is 4. The summed E-state index contributed by atoms with van der Waals surface area (Å²) in [5.74, 6) is 0.166. The third kappa shape index (κ3) is 7.77. The van der Waals surface area contributed by atoms with Gasteiger partial charge < -0.3 is 34.9 Å². The minimum absolute atomic E-state index is 0.116. The van der Waals surface area contributed by atoms with E-state index in [9.17, 15) is 19.2 Å². The Morgan fingerprint density at radius 1 is 0.703 bits per heavy atom. The molecule has 0 spiro atoms. The zero-order valence-corrected chi connectivity index (χ0v) is 37.0. The number of H-pyrrole nitrogens is 1. The Kier molecular flexibility index (Phi) is 11.5. The predicted octanol–water partition coefficient (Wildman–Crippen LogP) is 8.08. The lowest BCUT2D eigenvalue weighted by Gasteiger charge is -2.31.